The maximum atomic E-state index is 12.3. The fourth-order valence-corrected chi connectivity index (χ4v) is 2.54. The molecule has 2 rings (SSSR count). The maximum absolute atomic E-state index is 12.3. The summed E-state index contributed by atoms with van der Waals surface area (Å²) in [7, 11) is 0. The Morgan fingerprint density at radius 3 is 2.29 bits per heavy atom. The Kier molecular flexibility index (Phi) is 5.73. The molecule has 128 valence electrons. The van der Waals surface area contributed by atoms with Gasteiger partial charge in [-0.3, -0.25) is 9.59 Å². The van der Waals surface area contributed by atoms with Crippen molar-refractivity contribution in [2.45, 2.75) is 33.7 Å². The van der Waals surface area contributed by atoms with E-state index in [1.165, 1.54) is 0 Å². The number of aryl methyl sites for hydroxylation is 1. The summed E-state index contributed by atoms with van der Waals surface area (Å²) < 4.78 is 1.80. The van der Waals surface area contributed by atoms with Gasteiger partial charge in [0.25, 0.3) is 5.91 Å². The molecule has 1 aromatic heterocycles. The summed E-state index contributed by atoms with van der Waals surface area (Å²) >= 11 is 0. The third kappa shape index (κ3) is 3.82. The molecule has 1 atom stereocenters. The van der Waals surface area contributed by atoms with E-state index < -0.39 is 6.04 Å². The highest BCUT2D eigenvalue weighted by atomic mass is 16.2. The second-order valence-corrected chi connectivity index (χ2v) is 5.64. The number of benzene rings is 1. The molecule has 2 amide bonds. The van der Waals surface area contributed by atoms with Crippen molar-refractivity contribution in [2.75, 3.05) is 13.1 Å². The third-order valence-electron chi connectivity index (χ3n) is 4.00. The smallest absolute Gasteiger partial charge is 0.251 e. The SMILES string of the molecule is CCN(CC)C(=O)[C@@H](C)NC(=O)c1ccc(-n2nccc2C)cc1. The zero-order chi connectivity index (χ0) is 17.7. The van der Waals surface area contributed by atoms with Gasteiger partial charge in [0, 0.05) is 30.5 Å². The quantitative estimate of drug-likeness (QED) is 0.884. The summed E-state index contributed by atoms with van der Waals surface area (Å²) in [5, 5.41) is 6.99. The molecule has 6 heteroatoms. The van der Waals surface area contributed by atoms with Crippen molar-refractivity contribution in [3.63, 3.8) is 0 Å². The molecule has 0 spiro atoms. The van der Waals surface area contributed by atoms with Gasteiger partial charge in [-0.15, -0.1) is 0 Å². The van der Waals surface area contributed by atoms with Crippen molar-refractivity contribution in [3.05, 3.63) is 47.8 Å². The number of nitrogens with zero attached hydrogens (tertiary/aromatic N) is 3. The van der Waals surface area contributed by atoms with Gasteiger partial charge in [0.15, 0.2) is 0 Å². The van der Waals surface area contributed by atoms with Crippen LogP contribution in [-0.2, 0) is 4.79 Å². The van der Waals surface area contributed by atoms with Crippen LogP contribution in [0.3, 0.4) is 0 Å². The monoisotopic (exact) mass is 328 g/mol. The number of hydrogen-bond donors (Lipinski definition) is 1. The van der Waals surface area contributed by atoms with Crippen LogP contribution in [0.1, 0.15) is 36.8 Å². The molecule has 0 saturated heterocycles. The molecule has 1 heterocycles. The van der Waals surface area contributed by atoms with Crippen LogP contribution >= 0.6 is 0 Å². The molecular weight excluding hydrogens is 304 g/mol. The number of carbonyl (C=O) groups excluding carboxylic acids is 2. The summed E-state index contributed by atoms with van der Waals surface area (Å²) in [6.07, 6.45) is 1.73. The predicted octanol–water partition coefficient (Wildman–Crippen LogP) is 2.17. The van der Waals surface area contributed by atoms with Gasteiger partial charge in [0.2, 0.25) is 5.91 Å². The minimum atomic E-state index is -0.551. The number of amides is 2. The van der Waals surface area contributed by atoms with Crippen molar-refractivity contribution in [2.24, 2.45) is 0 Å². The molecule has 1 N–H and O–H groups in total. The van der Waals surface area contributed by atoms with Gasteiger partial charge in [0.1, 0.15) is 6.04 Å². The number of hydrogen-bond acceptors (Lipinski definition) is 3. The largest absolute Gasteiger partial charge is 0.341 e. The van der Waals surface area contributed by atoms with E-state index in [2.05, 4.69) is 10.4 Å². The van der Waals surface area contributed by atoms with Crippen molar-refractivity contribution in [1.29, 1.82) is 0 Å². The lowest BCUT2D eigenvalue weighted by atomic mass is 10.1. The molecule has 2 aromatic rings. The minimum absolute atomic E-state index is 0.0721. The zero-order valence-electron chi connectivity index (χ0n) is 14.6. The van der Waals surface area contributed by atoms with Crippen LogP contribution in [0.4, 0.5) is 0 Å². The molecule has 0 bridgehead atoms. The number of nitrogens with one attached hydrogen (secondary N) is 1. The van der Waals surface area contributed by atoms with E-state index in [4.69, 9.17) is 0 Å². The zero-order valence-corrected chi connectivity index (χ0v) is 14.6. The lowest BCUT2D eigenvalue weighted by Crippen LogP contribution is -2.46. The molecule has 24 heavy (non-hydrogen) atoms. The van der Waals surface area contributed by atoms with Crippen LogP contribution < -0.4 is 5.32 Å². The molecule has 0 aliphatic heterocycles. The second kappa shape index (κ2) is 7.77. The van der Waals surface area contributed by atoms with Crippen LogP contribution in [0.2, 0.25) is 0 Å². The minimum Gasteiger partial charge on any atom is -0.341 e. The summed E-state index contributed by atoms with van der Waals surface area (Å²) in [4.78, 5) is 26.2. The first-order valence-corrected chi connectivity index (χ1v) is 8.18. The average molecular weight is 328 g/mol. The Bertz CT molecular complexity index is 702. The van der Waals surface area contributed by atoms with Crippen molar-refractivity contribution < 1.29 is 9.59 Å². The van der Waals surface area contributed by atoms with Crippen LogP contribution in [0, 0.1) is 6.92 Å². The topological polar surface area (TPSA) is 67.2 Å². The maximum Gasteiger partial charge on any atom is 0.251 e. The van der Waals surface area contributed by atoms with Crippen LogP contribution in [-0.4, -0.2) is 45.6 Å². The Hall–Kier alpha value is -2.63. The number of carbonyl (C=O) groups is 2. The lowest BCUT2D eigenvalue weighted by molar-refractivity contribution is -0.132. The molecule has 0 radical (unpaired) electrons. The number of aromatic nitrogens is 2. The van der Waals surface area contributed by atoms with E-state index in [0.29, 0.717) is 18.7 Å². The Morgan fingerprint density at radius 1 is 1.17 bits per heavy atom. The fraction of sp³-hybridized carbons (Fsp3) is 0.389. The fourth-order valence-electron chi connectivity index (χ4n) is 2.54. The molecule has 6 nitrogen and oxygen atoms in total. The van der Waals surface area contributed by atoms with E-state index in [-0.39, 0.29) is 11.8 Å². The second-order valence-electron chi connectivity index (χ2n) is 5.64. The summed E-state index contributed by atoms with van der Waals surface area (Å²) in [6, 6.07) is 8.52. The first-order valence-electron chi connectivity index (χ1n) is 8.18. The highest BCUT2D eigenvalue weighted by Crippen LogP contribution is 2.11. The average Bonchev–Trinajstić information content (AvgIpc) is 3.02. The van der Waals surface area contributed by atoms with Crippen molar-refractivity contribution in [3.8, 4) is 5.69 Å². The van der Waals surface area contributed by atoms with Crippen molar-refractivity contribution in [1.82, 2.24) is 20.0 Å². The summed E-state index contributed by atoms with van der Waals surface area (Å²) in [6.45, 7) is 8.78. The van der Waals surface area contributed by atoms with Crippen LogP contribution in [0.15, 0.2) is 36.5 Å². The number of likely N-dealkylation sites (N-methyl/N-ethyl adjacent to an activating group) is 1. The molecule has 0 fully saturated rings. The summed E-state index contributed by atoms with van der Waals surface area (Å²) in [5.41, 5.74) is 2.43. The van der Waals surface area contributed by atoms with Gasteiger partial charge in [-0.2, -0.15) is 5.10 Å². The summed E-state index contributed by atoms with van der Waals surface area (Å²) in [5.74, 6) is -0.330. The normalized spacial score (nSPS) is 11.8. The molecular formula is C18H24N4O2. The first-order chi connectivity index (χ1) is 11.5. The van der Waals surface area contributed by atoms with E-state index in [1.54, 1.807) is 34.8 Å². The van der Waals surface area contributed by atoms with Gasteiger partial charge in [-0.25, -0.2) is 4.68 Å². The van der Waals surface area contributed by atoms with E-state index in [0.717, 1.165) is 11.4 Å². The highest BCUT2D eigenvalue weighted by Gasteiger charge is 2.20. The highest BCUT2D eigenvalue weighted by molar-refractivity contribution is 5.97. The van der Waals surface area contributed by atoms with E-state index in [1.807, 2.05) is 39.0 Å². The van der Waals surface area contributed by atoms with Gasteiger partial charge >= 0.3 is 0 Å². The third-order valence-corrected chi connectivity index (χ3v) is 4.00. The van der Waals surface area contributed by atoms with E-state index in [9.17, 15) is 9.59 Å². The van der Waals surface area contributed by atoms with Gasteiger partial charge < -0.3 is 10.2 Å². The standard InChI is InChI=1S/C18H24N4O2/c1-5-21(6-2)18(24)14(4)20-17(23)15-7-9-16(10-8-15)22-13(3)11-12-19-22/h7-12,14H,5-6H2,1-4H3,(H,20,23)/t14-/m1/s1. The lowest BCUT2D eigenvalue weighted by Gasteiger charge is -2.23. The molecule has 0 unspecified atom stereocenters. The van der Waals surface area contributed by atoms with E-state index >= 15 is 0 Å². The van der Waals surface area contributed by atoms with Gasteiger partial charge in [-0.1, -0.05) is 0 Å². The Labute approximate surface area is 142 Å². The first kappa shape index (κ1) is 17.7. The number of rotatable bonds is 6. The van der Waals surface area contributed by atoms with Crippen molar-refractivity contribution >= 4 is 11.8 Å². The Balaban J connectivity index is 2.05. The predicted molar refractivity (Wildman–Crippen MR) is 93.2 cm³/mol. The van der Waals surface area contributed by atoms with Crippen LogP contribution in [0.5, 0.6) is 0 Å². The molecule has 0 saturated carbocycles. The van der Waals surface area contributed by atoms with Gasteiger partial charge in [-0.05, 0) is 58.0 Å². The van der Waals surface area contributed by atoms with Gasteiger partial charge in [0.05, 0.1) is 5.69 Å². The molecule has 1 aromatic carbocycles. The van der Waals surface area contributed by atoms with Crippen LogP contribution in [0.25, 0.3) is 5.69 Å². The Morgan fingerprint density at radius 2 is 1.79 bits per heavy atom. The molecule has 0 aliphatic rings. The molecule has 0 aliphatic carbocycles.